The summed E-state index contributed by atoms with van der Waals surface area (Å²) in [6.45, 7) is 3.25. The van der Waals surface area contributed by atoms with Gasteiger partial charge in [0.05, 0.1) is 18.8 Å². The number of benzene rings is 2. The number of hydrogen-bond acceptors (Lipinski definition) is 4. The third kappa shape index (κ3) is 5.32. The van der Waals surface area contributed by atoms with Crippen molar-refractivity contribution in [3.05, 3.63) is 59.7 Å². The first-order valence-corrected chi connectivity index (χ1v) is 8.06. The first-order valence-electron chi connectivity index (χ1n) is 8.06. The van der Waals surface area contributed by atoms with Crippen molar-refractivity contribution in [1.29, 1.82) is 0 Å². The second kappa shape index (κ2) is 9.44. The van der Waals surface area contributed by atoms with Crippen LogP contribution in [0.1, 0.15) is 27.6 Å². The lowest BCUT2D eigenvalue weighted by molar-refractivity contribution is 0.0936. The van der Waals surface area contributed by atoms with E-state index >= 15 is 0 Å². The SMILES string of the molecule is CCOc1ccccc1C(=O)Nc1ccc(C(=O)NCCOC)cc1. The molecular formula is C19H22N2O4. The molecule has 2 aromatic carbocycles. The molecule has 0 aliphatic carbocycles. The smallest absolute Gasteiger partial charge is 0.259 e. The zero-order chi connectivity index (χ0) is 18.1. The van der Waals surface area contributed by atoms with E-state index in [9.17, 15) is 9.59 Å². The highest BCUT2D eigenvalue weighted by Gasteiger charge is 2.12. The summed E-state index contributed by atoms with van der Waals surface area (Å²) in [6, 6.07) is 13.8. The van der Waals surface area contributed by atoms with E-state index in [1.165, 1.54) is 0 Å². The van der Waals surface area contributed by atoms with Gasteiger partial charge in [0.2, 0.25) is 0 Å². The van der Waals surface area contributed by atoms with Crippen LogP contribution in [0.25, 0.3) is 0 Å². The monoisotopic (exact) mass is 342 g/mol. The summed E-state index contributed by atoms with van der Waals surface area (Å²) in [4.78, 5) is 24.3. The van der Waals surface area contributed by atoms with Crippen molar-refractivity contribution in [2.75, 3.05) is 32.2 Å². The van der Waals surface area contributed by atoms with Crippen molar-refractivity contribution < 1.29 is 19.1 Å². The normalized spacial score (nSPS) is 10.2. The van der Waals surface area contributed by atoms with Gasteiger partial charge in [-0.05, 0) is 43.3 Å². The van der Waals surface area contributed by atoms with E-state index < -0.39 is 0 Å². The van der Waals surface area contributed by atoms with Gasteiger partial charge in [-0.3, -0.25) is 9.59 Å². The Bertz CT molecular complexity index is 714. The molecular weight excluding hydrogens is 320 g/mol. The highest BCUT2D eigenvalue weighted by molar-refractivity contribution is 6.06. The highest BCUT2D eigenvalue weighted by Crippen LogP contribution is 2.20. The lowest BCUT2D eigenvalue weighted by atomic mass is 10.1. The highest BCUT2D eigenvalue weighted by atomic mass is 16.5. The lowest BCUT2D eigenvalue weighted by Crippen LogP contribution is -2.26. The number of nitrogens with one attached hydrogen (secondary N) is 2. The zero-order valence-corrected chi connectivity index (χ0v) is 14.4. The van der Waals surface area contributed by atoms with E-state index in [1.807, 2.05) is 13.0 Å². The molecule has 6 nitrogen and oxygen atoms in total. The molecule has 25 heavy (non-hydrogen) atoms. The lowest BCUT2D eigenvalue weighted by Gasteiger charge is -2.11. The van der Waals surface area contributed by atoms with Crippen molar-refractivity contribution in [1.82, 2.24) is 5.32 Å². The van der Waals surface area contributed by atoms with Gasteiger partial charge in [0, 0.05) is 24.9 Å². The molecule has 0 heterocycles. The van der Waals surface area contributed by atoms with Crippen LogP contribution in [0.5, 0.6) is 5.75 Å². The van der Waals surface area contributed by atoms with Gasteiger partial charge < -0.3 is 20.1 Å². The Labute approximate surface area is 147 Å². The van der Waals surface area contributed by atoms with Crippen LogP contribution in [0.3, 0.4) is 0 Å². The Morgan fingerprint density at radius 2 is 1.72 bits per heavy atom. The molecule has 6 heteroatoms. The van der Waals surface area contributed by atoms with Gasteiger partial charge in [-0.15, -0.1) is 0 Å². The van der Waals surface area contributed by atoms with Crippen LogP contribution in [-0.4, -0.2) is 38.7 Å². The number of ether oxygens (including phenoxy) is 2. The summed E-state index contributed by atoms with van der Waals surface area (Å²) in [5.41, 5.74) is 1.58. The maximum absolute atomic E-state index is 12.4. The predicted molar refractivity (Wildman–Crippen MR) is 96.2 cm³/mol. The first-order chi connectivity index (χ1) is 12.2. The van der Waals surface area contributed by atoms with E-state index in [0.29, 0.717) is 42.3 Å². The first kappa shape index (κ1) is 18.5. The molecule has 0 radical (unpaired) electrons. The number of anilines is 1. The van der Waals surface area contributed by atoms with Gasteiger partial charge >= 0.3 is 0 Å². The second-order valence-corrected chi connectivity index (χ2v) is 5.21. The quantitative estimate of drug-likeness (QED) is 0.723. The summed E-state index contributed by atoms with van der Waals surface area (Å²) in [5, 5.41) is 5.54. The molecule has 0 bridgehead atoms. The number of methoxy groups -OCH3 is 1. The minimum Gasteiger partial charge on any atom is -0.493 e. The van der Waals surface area contributed by atoms with Crippen molar-refractivity contribution in [3.8, 4) is 5.75 Å². The number of hydrogen-bond donors (Lipinski definition) is 2. The molecule has 2 amide bonds. The number of rotatable bonds is 8. The fraction of sp³-hybridized carbons (Fsp3) is 0.263. The van der Waals surface area contributed by atoms with Gasteiger partial charge in [-0.2, -0.15) is 0 Å². The summed E-state index contributed by atoms with van der Waals surface area (Å²) < 4.78 is 10.4. The molecule has 0 saturated heterocycles. The van der Waals surface area contributed by atoms with Gasteiger partial charge in [0.15, 0.2) is 0 Å². The molecule has 0 aliphatic rings. The molecule has 0 aliphatic heterocycles. The van der Waals surface area contributed by atoms with Crippen molar-refractivity contribution in [2.45, 2.75) is 6.92 Å². The average Bonchev–Trinajstić information content (AvgIpc) is 2.63. The van der Waals surface area contributed by atoms with Crippen LogP contribution >= 0.6 is 0 Å². The van der Waals surface area contributed by atoms with Crippen LogP contribution < -0.4 is 15.4 Å². The molecule has 2 N–H and O–H groups in total. The van der Waals surface area contributed by atoms with E-state index in [1.54, 1.807) is 49.6 Å². The Morgan fingerprint density at radius 1 is 1.00 bits per heavy atom. The van der Waals surface area contributed by atoms with Crippen LogP contribution in [0.4, 0.5) is 5.69 Å². The van der Waals surface area contributed by atoms with Crippen LogP contribution in [0.15, 0.2) is 48.5 Å². The standard InChI is InChI=1S/C19H22N2O4/c1-3-25-17-7-5-4-6-16(17)19(23)21-15-10-8-14(9-11-15)18(22)20-12-13-24-2/h4-11H,3,12-13H2,1-2H3,(H,20,22)(H,21,23). The third-order valence-electron chi connectivity index (χ3n) is 3.43. The zero-order valence-electron chi connectivity index (χ0n) is 14.4. The maximum Gasteiger partial charge on any atom is 0.259 e. The fourth-order valence-electron chi connectivity index (χ4n) is 2.21. The molecule has 0 unspecified atom stereocenters. The molecule has 2 aromatic rings. The summed E-state index contributed by atoms with van der Waals surface area (Å²) in [7, 11) is 1.58. The Kier molecular flexibility index (Phi) is 6.98. The molecule has 2 rings (SSSR count). The minimum absolute atomic E-state index is 0.184. The summed E-state index contributed by atoms with van der Waals surface area (Å²) in [6.07, 6.45) is 0. The molecule has 0 saturated carbocycles. The summed E-state index contributed by atoms with van der Waals surface area (Å²) >= 11 is 0. The average molecular weight is 342 g/mol. The van der Waals surface area contributed by atoms with Gasteiger partial charge in [-0.25, -0.2) is 0 Å². The Balaban J connectivity index is 2.01. The Hall–Kier alpha value is -2.86. The van der Waals surface area contributed by atoms with E-state index in [4.69, 9.17) is 9.47 Å². The molecule has 0 fully saturated rings. The van der Waals surface area contributed by atoms with Gasteiger partial charge in [0.1, 0.15) is 5.75 Å². The van der Waals surface area contributed by atoms with Crippen LogP contribution in [-0.2, 0) is 4.74 Å². The fourth-order valence-corrected chi connectivity index (χ4v) is 2.21. The molecule has 0 atom stereocenters. The van der Waals surface area contributed by atoms with Crippen molar-refractivity contribution in [2.24, 2.45) is 0 Å². The number of carbonyl (C=O) groups is 2. The third-order valence-corrected chi connectivity index (χ3v) is 3.43. The second-order valence-electron chi connectivity index (χ2n) is 5.21. The number of para-hydroxylation sites is 1. The topological polar surface area (TPSA) is 76.7 Å². The molecule has 132 valence electrons. The molecule has 0 aromatic heterocycles. The Morgan fingerprint density at radius 3 is 2.40 bits per heavy atom. The van der Waals surface area contributed by atoms with Crippen LogP contribution in [0, 0.1) is 0 Å². The van der Waals surface area contributed by atoms with E-state index in [2.05, 4.69) is 10.6 Å². The van der Waals surface area contributed by atoms with E-state index in [0.717, 1.165) is 0 Å². The van der Waals surface area contributed by atoms with Gasteiger partial charge in [-0.1, -0.05) is 12.1 Å². The van der Waals surface area contributed by atoms with E-state index in [-0.39, 0.29) is 11.8 Å². The van der Waals surface area contributed by atoms with Crippen molar-refractivity contribution in [3.63, 3.8) is 0 Å². The number of amides is 2. The predicted octanol–water partition coefficient (Wildman–Crippen LogP) is 2.71. The summed E-state index contributed by atoms with van der Waals surface area (Å²) in [5.74, 6) is 0.0922. The number of carbonyl (C=O) groups excluding carboxylic acids is 2. The van der Waals surface area contributed by atoms with Crippen LogP contribution in [0.2, 0.25) is 0 Å². The largest absolute Gasteiger partial charge is 0.493 e. The maximum atomic E-state index is 12.4. The molecule has 0 spiro atoms. The van der Waals surface area contributed by atoms with Crippen molar-refractivity contribution >= 4 is 17.5 Å². The minimum atomic E-state index is -0.263. The van der Waals surface area contributed by atoms with Gasteiger partial charge in [0.25, 0.3) is 11.8 Å².